The molecule has 2 aromatic carbocycles. The summed E-state index contributed by atoms with van der Waals surface area (Å²) in [6.45, 7) is 3.27. The Morgan fingerprint density at radius 3 is 2.40 bits per heavy atom. The average molecular weight is 335 g/mol. The molecular weight excluding hydrogens is 310 g/mol. The fraction of sp³-hybridized carbons (Fsp3) is 0.409. The van der Waals surface area contributed by atoms with Crippen LogP contribution in [0.5, 0.6) is 11.5 Å². The molecule has 1 heterocycles. The maximum atomic E-state index is 12.8. The number of Topliss-reactive ketones (excluding diaryl/α,β-unsaturated/α-hetero) is 1. The van der Waals surface area contributed by atoms with Gasteiger partial charge < -0.3 is 9.64 Å². The van der Waals surface area contributed by atoms with Gasteiger partial charge in [-0.05, 0) is 74.5 Å². The number of ketones is 1. The average Bonchev–Trinajstić information content (AvgIpc) is 3.47. The summed E-state index contributed by atoms with van der Waals surface area (Å²) in [4.78, 5) is 15.3. The van der Waals surface area contributed by atoms with Crippen LogP contribution >= 0.6 is 0 Å². The van der Waals surface area contributed by atoms with Crippen LogP contribution in [0.2, 0.25) is 0 Å². The number of benzene rings is 2. The highest BCUT2D eigenvalue weighted by molar-refractivity contribution is 5.98. The summed E-state index contributed by atoms with van der Waals surface area (Å²) in [6, 6.07) is 17.3. The highest BCUT2D eigenvalue weighted by atomic mass is 16.5. The molecular formula is C22H25NO2. The third-order valence-corrected chi connectivity index (χ3v) is 5.21. The van der Waals surface area contributed by atoms with Crippen LogP contribution in [-0.4, -0.2) is 30.3 Å². The van der Waals surface area contributed by atoms with E-state index in [0.29, 0.717) is 0 Å². The highest BCUT2D eigenvalue weighted by Gasteiger charge is 2.30. The third-order valence-electron chi connectivity index (χ3n) is 5.21. The number of hydrogen-bond acceptors (Lipinski definition) is 3. The van der Waals surface area contributed by atoms with E-state index < -0.39 is 0 Å². The van der Waals surface area contributed by atoms with Crippen LogP contribution in [0, 0.1) is 11.8 Å². The first kappa shape index (κ1) is 16.3. The van der Waals surface area contributed by atoms with Crippen molar-refractivity contribution in [3.05, 3.63) is 60.2 Å². The third kappa shape index (κ3) is 4.29. The second kappa shape index (κ2) is 7.40. The lowest BCUT2D eigenvalue weighted by Gasteiger charge is -2.32. The molecule has 1 saturated heterocycles. The molecule has 130 valence electrons. The second-order valence-electron chi connectivity index (χ2n) is 7.35. The van der Waals surface area contributed by atoms with Crippen LogP contribution < -0.4 is 4.74 Å². The second-order valence-corrected chi connectivity index (χ2v) is 7.35. The van der Waals surface area contributed by atoms with Gasteiger partial charge in [-0.3, -0.25) is 4.79 Å². The molecule has 1 atom stereocenters. The van der Waals surface area contributed by atoms with Crippen molar-refractivity contribution in [2.24, 2.45) is 11.8 Å². The molecule has 0 spiro atoms. The van der Waals surface area contributed by atoms with Crippen molar-refractivity contribution in [3.8, 4) is 11.5 Å². The topological polar surface area (TPSA) is 29.5 Å². The fourth-order valence-electron chi connectivity index (χ4n) is 3.65. The Bertz CT molecular complexity index is 707. The molecule has 2 fully saturated rings. The maximum absolute atomic E-state index is 12.8. The Morgan fingerprint density at radius 2 is 1.68 bits per heavy atom. The van der Waals surface area contributed by atoms with Gasteiger partial charge in [0.05, 0.1) is 0 Å². The molecule has 0 N–H and O–H groups in total. The van der Waals surface area contributed by atoms with E-state index >= 15 is 0 Å². The van der Waals surface area contributed by atoms with Gasteiger partial charge >= 0.3 is 0 Å². The maximum Gasteiger partial charge on any atom is 0.167 e. The Kier molecular flexibility index (Phi) is 4.84. The predicted octanol–water partition coefficient (Wildman–Crippen LogP) is 4.78. The molecule has 2 aromatic rings. The summed E-state index contributed by atoms with van der Waals surface area (Å²) in [7, 11) is 0. The highest BCUT2D eigenvalue weighted by Crippen LogP contribution is 2.32. The molecule has 0 bridgehead atoms. The van der Waals surface area contributed by atoms with Crippen molar-refractivity contribution < 1.29 is 9.53 Å². The molecule has 0 radical (unpaired) electrons. The monoisotopic (exact) mass is 335 g/mol. The summed E-state index contributed by atoms with van der Waals surface area (Å²) in [5, 5.41) is 0. The smallest absolute Gasteiger partial charge is 0.167 e. The molecule has 3 nitrogen and oxygen atoms in total. The van der Waals surface area contributed by atoms with Crippen LogP contribution in [0.3, 0.4) is 0 Å². The summed E-state index contributed by atoms with van der Waals surface area (Å²) >= 11 is 0. The van der Waals surface area contributed by atoms with Gasteiger partial charge in [0, 0.05) is 24.6 Å². The van der Waals surface area contributed by atoms with E-state index in [4.69, 9.17) is 4.74 Å². The van der Waals surface area contributed by atoms with Crippen LogP contribution in [-0.2, 0) is 0 Å². The number of rotatable bonds is 6. The van der Waals surface area contributed by atoms with Crippen LogP contribution in [0.4, 0.5) is 0 Å². The minimum atomic E-state index is 0.147. The van der Waals surface area contributed by atoms with E-state index in [0.717, 1.165) is 48.9 Å². The summed E-state index contributed by atoms with van der Waals surface area (Å²) in [5.41, 5.74) is 0.804. The van der Waals surface area contributed by atoms with Gasteiger partial charge in [-0.1, -0.05) is 18.2 Å². The number of nitrogens with zero attached hydrogens (tertiary/aromatic N) is 1. The zero-order chi connectivity index (χ0) is 17.1. The SMILES string of the molecule is O=C(c1ccc(Oc2ccccc2)cc1)C1CCCN(CC2CC2)C1. The molecule has 0 aromatic heterocycles. The molecule has 2 aliphatic rings. The Morgan fingerprint density at radius 1 is 0.960 bits per heavy atom. The van der Waals surface area contributed by atoms with Crippen molar-refractivity contribution in [1.82, 2.24) is 4.90 Å². The minimum Gasteiger partial charge on any atom is -0.457 e. The van der Waals surface area contributed by atoms with E-state index in [1.807, 2.05) is 54.6 Å². The first-order chi connectivity index (χ1) is 12.3. The molecule has 1 unspecified atom stereocenters. The quantitative estimate of drug-likeness (QED) is 0.711. The van der Waals surface area contributed by atoms with Gasteiger partial charge in [0.25, 0.3) is 0 Å². The van der Waals surface area contributed by atoms with Crippen molar-refractivity contribution in [1.29, 1.82) is 0 Å². The summed E-state index contributed by atoms with van der Waals surface area (Å²) in [6.07, 6.45) is 4.90. The lowest BCUT2D eigenvalue weighted by Crippen LogP contribution is -2.39. The summed E-state index contributed by atoms with van der Waals surface area (Å²) in [5.74, 6) is 2.90. The van der Waals surface area contributed by atoms with Gasteiger partial charge in [0.2, 0.25) is 0 Å². The van der Waals surface area contributed by atoms with E-state index in [9.17, 15) is 4.79 Å². The van der Waals surface area contributed by atoms with Gasteiger partial charge in [-0.2, -0.15) is 0 Å². The Balaban J connectivity index is 1.38. The van der Waals surface area contributed by atoms with Gasteiger partial charge in [-0.15, -0.1) is 0 Å². The van der Waals surface area contributed by atoms with Crippen molar-refractivity contribution in [2.75, 3.05) is 19.6 Å². The number of carbonyl (C=O) groups is 1. The van der Waals surface area contributed by atoms with E-state index in [1.165, 1.54) is 19.4 Å². The normalized spacial score (nSPS) is 21.0. The van der Waals surface area contributed by atoms with Gasteiger partial charge in [0.15, 0.2) is 5.78 Å². The predicted molar refractivity (Wildman–Crippen MR) is 99.2 cm³/mol. The van der Waals surface area contributed by atoms with E-state index in [2.05, 4.69) is 4.90 Å². The number of piperidine rings is 1. The largest absolute Gasteiger partial charge is 0.457 e. The first-order valence-corrected chi connectivity index (χ1v) is 9.37. The first-order valence-electron chi connectivity index (χ1n) is 9.37. The number of carbonyl (C=O) groups excluding carboxylic acids is 1. The van der Waals surface area contributed by atoms with Crippen molar-refractivity contribution >= 4 is 5.78 Å². The van der Waals surface area contributed by atoms with Gasteiger partial charge in [0.1, 0.15) is 11.5 Å². The lowest BCUT2D eigenvalue weighted by atomic mass is 9.90. The molecule has 25 heavy (non-hydrogen) atoms. The molecule has 1 aliphatic carbocycles. The van der Waals surface area contributed by atoms with E-state index in [1.54, 1.807) is 0 Å². The number of likely N-dealkylation sites (tertiary alicyclic amines) is 1. The number of para-hydroxylation sites is 1. The fourth-order valence-corrected chi connectivity index (χ4v) is 3.65. The molecule has 0 amide bonds. The zero-order valence-corrected chi connectivity index (χ0v) is 14.6. The molecule has 1 aliphatic heterocycles. The molecule has 4 rings (SSSR count). The standard InChI is InChI=1S/C22H25NO2/c24-22(19-5-4-14-23(16-19)15-17-8-9-17)18-10-12-21(13-11-18)25-20-6-2-1-3-7-20/h1-3,6-7,10-13,17,19H,4-5,8-9,14-16H2. The molecule has 1 saturated carbocycles. The Hall–Kier alpha value is -2.13. The van der Waals surface area contributed by atoms with Crippen molar-refractivity contribution in [2.45, 2.75) is 25.7 Å². The van der Waals surface area contributed by atoms with E-state index in [-0.39, 0.29) is 11.7 Å². The van der Waals surface area contributed by atoms with Crippen molar-refractivity contribution in [3.63, 3.8) is 0 Å². The summed E-state index contributed by atoms with van der Waals surface area (Å²) < 4.78 is 5.81. The zero-order valence-electron chi connectivity index (χ0n) is 14.6. The Labute approximate surface area is 149 Å². The molecule has 3 heteroatoms. The number of hydrogen-bond donors (Lipinski definition) is 0. The van der Waals surface area contributed by atoms with Gasteiger partial charge in [-0.25, -0.2) is 0 Å². The van der Waals surface area contributed by atoms with Crippen LogP contribution in [0.15, 0.2) is 54.6 Å². The minimum absolute atomic E-state index is 0.147. The van der Waals surface area contributed by atoms with Crippen LogP contribution in [0.25, 0.3) is 0 Å². The lowest BCUT2D eigenvalue weighted by molar-refractivity contribution is 0.0814. The number of ether oxygens (including phenoxy) is 1. The van der Waals surface area contributed by atoms with Crippen LogP contribution in [0.1, 0.15) is 36.0 Å².